The minimum Gasteiger partial charge on any atom is -0.489 e. The lowest BCUT2D eigenvalue weighted by Gasteiger charge is -2.21. The Hall–Kier alpha value is -1.97. The Morgan fingerprint density at radius 1 is 1.50 bits per heavy atom. The van der Waals surface area contributed by atoms with Crippen LogP contribution in [0.3, 0.4) is 0 Å². The van der Waals surface area contributed by atoms with Crippen molar-refractivity contribution in [2.24, 2.45) is 0 Å². The SMILES string of the molecule is CC(C)=CCNC(=O)c1cccc2c1OCCN2. The van der Waals surface area contributed by atoms with Crippen molar-refractivity contribution in [3.8, 4) is 5.75 Å². The molecular formula is C14H18N2O2. The molecule has 0 radical (unpaired) electrons. The first-order valence-corrected chi connectivity index (χ1v) is 6.09. The summed E-state index contributed by atoms with van der Waals surface area (Å²) in [6.45, 7) is 5.91. The molecule has 1 heterocycles. The van der Waals surface area contributed by atoms with Crippen molar-refractivity contribution in [3.63, 3.8) is 0 Å². The van der Waals surface area contributed by atoms with E-state index >= 15 is 0 Å². The lowest BCUT2D eigenvalue weighted by molar-refractivity contribution is 0.0954. The van der Waals surface area contributed by atoms with Gasteiger partial charge in [0.1, 0.15) is 6.61 Å². The predicted octanol–water partition coefficient (Wildman–Crippen LogP) is 2.19. The van der Waals surface area contributed by atoms with E-state index in [1.165, 1.54) is 5.57 Å². The second kappa shape index (κ2) is 5.58. The average Bonchev–Trinajstić information content (AvgIpc) is 2.37. The van der Waals surface area contributed by atoms with Crippen LogP contribution in [0.5, 0.6) is 5.75 Å². The number of para-hydroxylation sites is 1. The smallest absolute Gasteiger partial charge is 0.255 e. The standard InChI is InChI=1S/C14H18N2O2/c1-10(2)6-7-16-14(17)11-4-3-5-12-13(11)18-9-8-15-12/h3-6,15H,7-9H2,1-2H3,(H,16,17). The summed E-state index contributed by atoms with van der Waals surface area (Å²) in [6, 6.07) is 5.56. The topological polar surface area (TPSA) is 50.4 Å². The van der Waals surface area contributed by atoms with E-state index in [2.05, 4.69) is 10.6 Å². The molecule has 18 heavy (non-hydrogen) atoms. The first-order chi connectivity index (χ1) is 8.68. The molecule has 0 saturated heterocycles. The molecule has 2 rings (SSSR count). The number of hydrogen-bond acceptors (Lipinski definition) is 3. The van der Waals surface area contributed by atoms with Crippen molar-refractivity contribution in [1.29, 1.82) is 0 Å². The zero-order valence-corrected chi connectivity index (χ0v) is 10.7. The van der Waals surface area contributed by atoms with E-state index in [9.17, 15) is 4.79 Å². The largest absolute Gasteiger partial charge is 0.489 e. The molecule has 1 aromatic rings. The molecule has 0 atom stereocenters. The Bertz CT molecular complexity index is 477. The minimum atomic E-state index is -0.104. The summed E-state index contributed by atoms with van der Waals surface area (Å²) in [5, 5.41) is 6.07. The summed E-state index contributed by atoms with van der Waals surface area (Å²) in [4.78, 5) is 12.0. The van der Waals surface area contributed by atoms with Crippen molar-refractivity contribution < 1.29 is 9.53 Å². The zero-order valence-electron chi connectivity index (χ0n) is 10.7. The molecule has 96 valence electrons. The fourth-order valence-corrected chi connectivity index (χ4v) is 1.79. The first-order valence-electron chi connectivity index (χ1n) is 6.09. The summed E-state index contributed by atoms with van der Waals surface area (Å²) in [6.07, 6.45) is 1.98. The molecular weight excluding hydrogens is 228 g/mol. The van der Waals surface area contributed by atoms with Gasteiger partial charge in [0.25, 0.3) is 5.91 Å². The number of hydrogen-bond donors (Lipinski definition) is 2. The molecule has 0 spiro atoms. The highest BCUT2D eigenvalue weighted by molar-refractivity contribution is 5.99. The lowest BCUT2D eigenvalue weighted by Crippen LogP contribution is -2.26. The Labute approximate surface area is 107 Å². The number of benzene rings is 1. The van der Waals surface area contributed by atoms with Crippen LogP contribution < -0.4 is 15.4 Å². The number of carbonyl (C=O) groups excluding carboxylic acids is 1. The predicted molar refractivity (Wildman–Crippen MR) is 72.2 cm³/mol. The van der Waals surface area contributed by atoms with Crippen molar-refractivity contribution in [1.82, 2.24) is 5.32 Å². The van der Waals surface area contributed by atoms with Gasteiger partial charge in [0, 0.05) is 13.1 Å². The Morgan fingerprint density at radius 2 is 2.33 bits per heavy atom. The highest BCUT2D eigenvalue weighted by atomic mass is 16.5. The van der Waals surface area contributed by atoms with Gasteiger partial charge < -0.3 is 15.4 Å². The molecule has 4 nitrogen and oxygen atoms in total. The molecule has 1 aliphatic rings. The van der Waals surface area contributed by atoms with Crippen molar-refractivity contribution in [2.45, 2.75) is 13.8 Å². The number of anilines is 1. The summed E-state index contributed by atoms with van der Waals surface area (Å²) in [5.41, 5.74) is 2.65. The Kier molecular flexibility index (Phi) is 3.87. The summed E-state index contributed by atoms with van der Waals surface area (Å²) in [7, 11) is 0. The number of nitrogens with one attached hydrogen (secondary N) is 2. The van der Waals surface area contributed by atoms with Crippen LogP contribution in [-0.4, -0.2) is 25.6 Å². The third kappa shape index (κ3) is 2.83. The average molecular weight is 246 g/mol. The van der Waals surface area contributed by atoms with Gasteiger partial charge in [-0.25, -0.2) is 0 Å². The van der Waals surface area contributed by atoms with Gasteiger partial charge in [-0.15, -0.1) is 0 Å². The van der Waals surface area contributed by atoms with Gasteiger partial charge in [-0.2, -0.15) is 0 Å². The molecule has 0 aromatic heterocycles. The van der Waals surface area contributed by atoms with Crippen LogP contribution in [-0.2, 0) is 0 Å². The lowest BCUT2D eigenvalue weighted by atomic mass is 10.1. The monoisotopic (exact) mass is 246 g/mol. The van der Waals surface area contributed by atoms with Crippen LogP contribution in [0.4, 0.5) is 5.69 Å². The summed E-state index contributed by atoms with van der Waals surface area (Å²) in [5.74, 6) is 0.548. The molecule has 2 N–H and O–H groups in total. The molecule has 4 heteroatoms. The van der Waals surface area contributed by atoms with E-state index in [0.717, 1.165) is 12.2 Å². The van der Waals surface area contributed by atoms with E-state index in [0.29, 0.717) is 24.5 Å². The van der Waals surface area contributed by atoms with E-state index in [4.69, 9.17) is 4.74 Å². The molecule has 0 bridgehead atoms. The zero-order chi connectivity index (χ0) is 13.0. The number of allylic oxidation sites excluding steroid dienone is 1. The van der Waals surface area contributed by atoms with Crippen LogP contribution in [0.25, 0.3) is 0 Å². The fraction of sp³-hybridized carbons (Fsp3) is 0.357. The van der Waals surface area contributed by atoms with Crippen LogP contribution in [0, 0.1) is 0 Å². The minimum absolute atomic E-state index is 0.104. The Morgan fingerprint density at radius 3 is 3.11 bits per heavy atom. The maximum absolute atomic E-state index is 12.0. The molecule has 1 amide bonds. The molecule has 1 aliphatic heterocycles. The first kappa shape index (κ1) is 12.5. The van der Waals surface area contributed by atoms with Crippen LogP contribution in [0.15, 0.2) is 29.8 Å². The number of ether oxygens (including phenoxy) is 1. The van der Waals surface area contributed by atoms with Gasteiger partial charge in [0.05, 0.1) is 11.3 Å². The van der Waals surface area contributed by atoms with Gasteiger partial charge in [-0.1, -0.05) is 17.7 Å². The van der Waals surface area contributed by atoms with Crippen molar-refractivity contribution in [3.05, 3.63) is 35.4 Å². The second-order valence-electron chi connectivity index (χ2n) is 4.45. The van der Waals surface area contributed by atoms with Gasteiger partial charge in [0.2, 0.25) is 0 Å². The summed E-state index contributed by atoms with van der Waals surface area (Å²) >= 11 is 0. The van der Waals surface area contributed by atoms with Crippen molar-refractivity contribution in [2.75, 3.05) is 25.0 Å². The van der Waals surface area contributed by atoms with E-state index < -0.39 is 0 Å². The van der Waals surface area contributed by atoms with Crippen LogP contribution in [0.1, 0.15) is 24.2 Å². The third-order valence-corrected chi connectivity index (χ3v) is 2.70. The maximum atomic E-state index is 12.0. The fourth-order valence-electron chi connectivity index (χ4n) is 1.79. The van der Waals surface area contributed by atoms with Crippen LogP contribution in [0.2, 0.25) is 0 Å². The van der Waals surface area contributed by atoms with Gasteiger partial charge in [-0.3, -0.25) is 4.79 Å². The number of carbonyl (C=O) groups is 1. The quantitative estimate of drug-likeness (QED) is 0.804. The number of amides is 1. The van der Waals surface area contributed by atoms with Crippen molar-refractivity contribution >= 4 is 11.6 Å². The molecule has 0 fully saturated rings. The maximum Gasteiger partial charge on any atom is 0.255 e. The van der Waals surface area contributed by atoms with Gasteiger partial charge >= 0.3 is 0 Å². The van der Waals surface area contributed by atoms with Crippen LogP contribution >= 0.6 is 0 Å². The highest BCUT2D eigenvalue weighted by Gasteiger charge is 2.18. The van der Waals surface area contributed by atoms with E-state index in [-0.39, 0.29) is 5.91 Å². The second-order valence-corrected chi connectivity index (χ2v) is 4.45. The highest BCUT2D eigenvalue weighted by Crippen LogP contribution is 2.30. The molecule has 0 unspecified atom stereocenters. The molecule has 0 aliphatic carbocycles. The molecule has 1 aromatic carbocycles. The third-order valence-electron chi connectivity index (χ3n) is 2.70. The normalized spacial score (nSPS) is 12.8. The Balaban J connectivity index is 2.13. The van der Waals surface area contributed by atoms with E-state index in [1.807, 2.05) is 32.1 Å². The summed E-state index contributed by atoms with van der Waals surface area (Å²) < 4.78 is 5.56. The van der Waals surface area contributed by atoms with E-state index in [1.54, 1.807) is 6.07 Å². The van der Waals surface area contributed by atoms with Gasteiger partial charge in [0.15, 0.2) is 5.75 Å². The molecule has 0 saturated carbocycles. The number of fused-ring (bicyclic) bond motifs is 1. The number of rotatable bonds is 3. The van der Waals surface area contributed by atoms with Gasteiger partial charge in [-0.05, 0) is 26.0 Å².